The topological polar surface area (TPSA) is 55.1 Å². The second-order valence-corrected chi connectivity index (χ2v) is 4.85. The molecule has 1 amide bonds. The molecule has 0 aliphatic rings. The van der Waals surface area contributed by atoms with E-state index in [1.165, 1.54) is 12.1 Å². The van der Waals surface area contributed by atoms with Crippen LogP contribution in [0.25, 0.3) is 0 Å². The Bertz CT molecular complexity index is 435. The van der Waals surface area contributed by atoms with Gasteiger partial charge < -0.3 is 11.1 Å². The lowest BCUT2D eigenvalue weighted by Crippen LogP contribution is -2.32. The first-order valence-electron chi connectivity index (χ1n) is 6.40. The Morgan fingerprint density at radius 1 is 1.37 bits per heavy atom. The third-order valence-corrected chi connectivity index (χ3v) is 2.89. The zero-order valence-corrected chi connectivity index (χ0v) is 11.2. The monoisotopic (exact) mass is 270 g/mol. The molecule has 1 rings (SSSR count). The van der Waals surface area contributed by atoms with Crippen LogP contribution < -0.4 is 11.1 Å². The van der Waals surface area contributed by atoms with Crippen molar-refractivity contribution in [2.24, 2.45) is 11.7 Å². The summed E-state index contributed by atoms with van der Waals surface area (Å²) in [5.74, 6) is -1.44. The molecule has 5 heteroatoms. The summed E-state index contributed by atoms with van der Waals surface area (Å²) in [7, 11) is 0. The number of carbonyl (C=O) groups is 1. The van der Waals surface area contributed by atoms with Gasteiger partial charge in [-0.2, -0.15) is 0 Å². The molecule has 1 atom stereocenters. The highest BCUT2D eigenvalue weighted by molar-refractivity contribution is 5.76. The van der Waals surface area contributed by atoms with Crippen molar-refractivity contribution in [1.29, 1.82) is 0 Å². The highest BCUT2D eigenvalue weighted by Crippen LogP contribution is 2.25. The number of nitrogens with one attached hydrogen (secondary N) is 1. The van der Waals surface area contributed by atoms with E-state index in [-0.39, 0.29) is 11.8 Å². The Morgan fingerprint density at radius 2 is 2.05 bits per heavy atom. The minimum atomic E-state index is -0.641. The molecule has 1 unspecified atom stereocenters. The molecule has 106 valence electrons. The number of hydrogen-bond donors (Lipinski definition) is 2. The molecule has 1 aromatic carbocycles. The fourth-order valence-corrected chi connectivity index (χ4v) is 1.87. The Balaban J connectivity index is 2.85. The van der Waals surface area contributed by atoms with E-state index in [9.17, 15) is 13.6 Å². The molecule has 0 aromatic heterocycles. The fourth-order valence-electron chi connectivity index (χ4n) is 1.87. The summed E-state index contributed by atoms with van der Waals surface area (Å²) in [6, 6.07) is 2.93. The molecule has 0 aliphatic heterocycles. The van der Waals surface area contributed by atoms with Gasteiger partial charge in [0, 0.05) is 18.1 Å². The SMILES string of the molecule is CC(C)C(NC(=O)CCCN)c1ccc(F)cc1F. The summed E-state index contributed by atoms with van der Waals surface area (Å²) in [6.45, 7) is 4.18. The van der Waals surface area contributed by atoms with Crippen LogP contribution >= 0.6 is 0 Å². The van der Waals surface area contributed by atoms with Crippen molar-refractivity contribution in [3.8, 4) is 0 Å². The molecular weight excluding hydrogens is 250 g/mol. The van der Waals surface area contributed by atoms with Gasteiger partial charge in [-0.05, 0) is 24.9 Å². The number of rotatable bonds is 6. The Kier molecular flexibility index (Phi) is 5.89. The van der Waals surface area contributed by atoms with Crippen LogP contribution in [-0.4, -0.2) is 12.5 Å². The second-order valence-electron chi connectivity index (χ2n) is 4.85. The van der Waals surface area contributed by atoms with Crippen LogP contribution in [0.2, 0.25) is 0 Å². The van der Waals surface area contributed by atoms with Gasteiger partial charge in [-0.15, -0.1) is 0 Å². The van der Waals surface area contributed by atoms with Gasteiger partial charge >= 0.3 is 0 Å². The number of nitrogens with two attached hydrogens (primary N) is 1. The molecule has 0 radical (unpaired) electrons. The lowest BCUT2D eigenvalue weighted by Gasteiger charge is -2.23. The number of hydrogen-bond acceptors (Lipinski definition) is 2. The van der Waals surface area contributed by atoms with Crippen LogP contribution in [-0.2, 0) is 4.79 Å². The summed E-state index contributed by atoms with van der Waals surface area (Å²) in [6.07, 6.45) is 0.894. The maximum Gasteiger partial charge on any atom is 0.220 e. The first-order chi connectivity index (χ1) is 8.95. The van der Waals surface area contributed by atoms with Crippen LogP contribution in [0.3, 0.4) is 0 Å². The van der Waals surface area contributed by atoms with Crippen LogP contribution in [0, 0.1) is 17.6 Å². The van der Waals surface area contributed by atoms with Gasteiger partial charge in [-0.1, -0.05) is 19.9 Å². The van der Waals surface area contributed by atoms with Crippen molar-refractivity contribution in [3.63, 3.8) is 0 Å². The number of halogens is 2. The summed E-state index contributed by atoms with van der Waals surface area (Å²) in [5, 5.41) is 2.77. The lowest BCUT2D eigenvalue weighted by atomic mass is 9.95. The van der Waals surface area contributed by atoms with Gasteiger partial charge in [0.2, 0.25) is 5.91 Å². The van der Waals surface area contributed by atoms with Crippen molar-refractivity contribution in [2.75, 3.05) is 6.54 Å². The highest BCUT2D eigenvalue weighted by atomic mass is 19.1. The van der Waals surface area contributed by atoms with Gasteiger partial charge in [0.15, 0.2) is 0 Å². The molecule has 0 spiro atoms. The molecular formula is C14H20F2N2O. The fraction of sp³-hybridized carbons (Fsp3) is 0.500. The molecule has 19 heavy (non-hydrogen) atoms. The number of carbonyl (C=O) groups excluding carboxylic acids is 1. The van der Waals surface area contributed by atoms with Gasteiger partial charge in [0.1, 0.15) is 11.6 Å². The third kappa shape index (κ3) is 4.59. The van der Waals surface area contributed by atoms with Crippen molar-refractivity contribution < 1.29 is 13.6 Å². The first-order valence-corrected chi connectivity index (χ1v) is 6.40. The molecule has 0 saturated carbocycles. The number of amides is 1. The average Bonchev–Trinajstić information content (AvgIpc) is 2.34. The molecule has 0 bridgehead atoms. The summed E-state index contributed by atoms with van der Waals surface area (Å²) in [5.41, 5.74) is 5.64. The Labute approximate surface area is 112 Å². The van der Waals surface area contributed by atoms with E-state index < -0.39 is 17.7 Å². The van der Waals surface area contributed by atoms with E-state index in [1.807, 2.05) is 13.8 Å². The summed E-state index contributed by atoms with van der Waals surface area (Å²) >= 11 is 0. The standard InChI is InChI=1S/C14H20F2N2O/c1-9(2)14(18-13(19)4-3-7-17)11-6-5-10(15)8-12(11)16/h5-6,8-9,14H,3-4,7,17H2,1-2H3,(H,18,19). The zero-order valence-electron chi connectivity index (χ0n) is 11.2. The minimum absolute atomic E-state index is 0.00166. The van der Waals surface area contributed by atoms with Gasteiger partial charge in [0.25, 0.3) is 0 Å². The van der Waals surface area contributed by atoms with Crippen LogP contribution in [0.5, 0.6) is 0 Å². The Hall–Kier alpha value is -1.49. The first kappa shape index (κ1) is 15.6. The normalized spacial score (nSPS) is 12.5. The third-order valence-electron chi connectivity index (χ3n) is 2.89. The molecule has 0 aliphatic carbocycles. The molecule has 0 saturated heterocycles. The lowest BCUT2D eigenvalue weighted by molar-refractivity contribution is -0.122. The molecule has 1 aromatic rings. The van der Waals surface area contributed by atoms with Crippen molar-refractivity contribution in [1.82, 2.24) is 5.32 Å². The van der Waals surface area contributed by atoms with Gasteiger partial charge in [-0.3, -0.25) is 4.79 Å². The minimum Gasteiger partial charge on any atom is -0.349 e. The largest absolute Gasteiger partial charge is 0.349 e. The molecule has 3 nitrogen and oxygen atoms in total. The smallest absolute Gasteiger partial charge is 0.220 e. The molecule has 0 heterocycles. The van der Waals surface area contributed by atoms with E-state index >= 15 is 0 Å². The van der Waals surface area contributed by atoms with Crippen LogP contribution in [0.4, 0.5) is 8.78 Å². The van der Waals surface area contributed by atoms with Gasteiger partial charge in [0.05, 0.1) is 6.04 Å². The highest BCUT2D eigenvalue weighted by Gasteiger charge is 2.21. The van der Waals surface area contributed by atoms with E-state index in [1.54, 1.807) is 0 Å². The van der Waals surface area contributed by atoms with E-state index in [2.05, 4.69) is 5.32 Å². The van der Waals surface area contributed by atoms with Crippen molar-refractivity contribution in [3.05, 3.63) is 35.4 Å². The van der Waals surface area contributed by atoms with Crippen molar-refractivity contribution in [2.45, 2.75) is 32.7 Å². The van der Waals surface area contributed by atoms with Crippen LogP contribution in [0.1, 0.15) is 38.3 Å². The van der Waals surface area contributed by atoms with E-state index in [0.29, 0.717) is 24.9 Å². The van der Waals surface area contributed by atoms with Crippen LogP contribution in [0.15, 0.2) is 18.2 Å². The second kappa shape index (κ2) is 7.19. The predicted molar refractivity (Wildman–Crippen MR) is 70.4 cm³/mol. The maximum absolute atomic E-state index is 13.8. The van der Waals surface area contributed by atoms with E-state index in [4.69, 9.17) is 5.73 Å². The predicted octanol–water partition coefficient (Wildman–Crippen LogP) is 2.52. The number of benzene rings is 1. The Morgan fingerprint density at radius 3 is 2.58 bits per heavy atom. The average molecular weight is 270 g/mol. The summed E-state index contributed by atoms with van der Waals surface area (Å²) in [4.78, 5) is 11.7. The quantitative estimate of drug-likeness (QED) is 0.834. The summed E-state index contributed by atoms with van der Waals surface area (Å²) < 4.78 is 26.7. The van der Waals surface area contributed by atoms with Gasteiger partial charge in [-0.25, -0.2) is 8.78 Å². The zero-order chi connectivity index (χ0) is 14.4. The van der Waals surface area contributed by atoms with E-state index in [0.717, 1.165) is 6.07 Å². The maximum atomic E-state index is 13.8. The molecule has 0 fully saturated rings. The van der Waals surface area contributed by atoms with Crippen molar-refractivity contribution >= 4 is 5.91 Å². The molecule has 3 N–H and O–H groups in total.